The maximum Gasteiger partial charge on any atom is 0.0314 e. The van der Waals surface area contributed by atoms with Crippen LogP contribution < -0.4 is 5.73 Å². The molecule has 0 amide bonds. The molecule has 1 aromatic carbocycles. The summed E-state index contributed by atoms with van der Waals surface area (Å²) in [6, 6.07) is 9.04. The van der Waals surface area contributed by atoms with E-state index >= 15 is 0 Å². The lowest BCUT2D eigenvalue weighted by atomic mass is 9.95. The van der Waals surface area contributed by atoms with Gasteiger partial charge in [0.15, 0.2) is 0 Å². The number of benzene rings is 1. The van der Waals surface area contributed by atoms with E-state index in [1.165, 1.54) is 18.4 Å². The van der Waals surface area contributed by atoms with Crippen molar-refractivity contribution in [3.05, 3.63) is 29.8 Å². The Bertz CT molecular complexity index is 350. The summed E-state index contributed by atoms with van der Waals surface area (Å²) in [6.07, 6.45) is 2.63. The summed E-state index contributed by atoms with van der Waals surface area (Å²) in [6.45, 7) is 5.66. The van der Waals surface area contributed by atoms with Gasteiger partial charge in [-0.3, -0.25) is 0 Å². The van der Waals surface area contributed by atoms with E-state index in [1.807, 2.05) is 12.1 Å². The van der Waals surface area contributed by atoms with Crippen molar-refractivity contribution in [1.82, 2.24) is 4.90 Å². The zero-order valence-corrected chi connectivity index (χ0v) is 10.5. The van der Waals surface area contributed by atoms with Crippen molar-refractivity contribution in [2.24, 2.45) is 0 Å². The fourth-order valence-corrected chi connectivity index (χ4v) is 2.19. The van der Waals surface area contributed by atoms with Gasteiger partial charge < -0.3 is 10.6 Å². The monoisotopic (exact) mass is 218 g/mol. The summed E-state index contributed by atoms with van der Waals surface area (Å²) in [5, 5.41) is 0. The third-order valence-corrected chi connectivity index (χ3v) is 3.81. The van der Waals surface area contributed by atoms with E-state index < -0.39 is 0 Å². The van der Waals surface area contributed by atoms with Crippen LogP contribution in [0.5, 0.6) is 0 Å². The summed E-state index contributed by atoms with van der Waals surface area (Å²) < 4.78 is 0. The molecule has 1 aliphatic carbocycles. The van der Waals surface area contributed by atoms with E-state index in [9.17, 15) is 0 Å². The Labute approximate surface area is 98.4 Å². The second-order valence-electron chi connectivity index (χ2n) is 5.41. The Morgan fingerprint density at radius 3 is 2.25 bits per heavy atom. The molecule has 0 saturated heterocycles. The molecule has 0 atom stereocenters. The first-order valence-electron chi connectivity index (χ1n) is 6.10. The van der Waals surface area contributed by atoms with E-state index in [0.29, 0.717) is 11.5 Å². The smallest absolute Gasteiger partial charge is 0.0314 e. The molecule has 0 spiro atoms. The van der Waals surface area contributed by atoms with E-state index in [4.69, 9.17) is 5.73 Å². The Morgan fingerprint density at radius 2 is 1.81 bits per heavy atom. The van der Waals surface area contributed by atoms with Gasteiger partial charge in [-0.1, -0.05) is 12.1 Å². The van der Waals surface area contributed by atoms with Gasteiger partial charge in [-0.2, -0.15) is 0 Å². The zero-order valence-electron chi connectivity index (χ0n) is 10.5. The van der Waals surface area contributed by atoms with Gasteiger partial charge in [-0.25, -0.2) is 0 Å². The molecule has 0 heterocycles. The number of nitrogen functional groups attached to an aromatic ring is 1. The van der Waals surface area contributed by atoms with Crippen molar-refractivity contribution in [2.45, 2.75) is 38.1 Å². The summed E-state index contributed by atoms with van der Waals surface area (Å²) in [5.41, 5.74) is 8.45. The first kappa shape index (κ1) is 11.5. The largest absolute Gasteiger partial charge is 0.399 e. The maximum atomic E-state index is 5.73. The van der Waals surface area contributed by atoms with Crippen LogP contribution in [0.4, 0.5) is 5.69 Å². The average Bonchev–Trinajstić information content (AvgIpc) is 2.99. The van der Waals surface area contributed by atoms with E-state index in [0.717, 1.165) is 12.2 Å². The highest BCUT2D eigenvalue weighted by atomic mass is 15.1. The maximum absolute atomic E-state index is 5.73. The Morgan fingerprint density at radius 1 is 1.25 bits per heavy atom. The van der Waals surface area contributed by atoms with Gasteiger partial charge in [0.1, 0.15) is 0 Å². The second-order valence-corrected chi connectivity index (χ2v) is 5.41. The number of likely N-dealkylation sites (N-methyl/N-ethyl adjacent to an activating group) is 1. The molecule has 2 N–H and O–H groups in total. The van der Waals surface area contributed by atoms with Gasteiger partial charge in [0, 0.05) is 23.7 Å². The number of nitrogens with two attached hydrogens (primary N) is 1. The molecule has 1 fully saturated rings. The van der Waals surface area contributed by atoms with Crippen molar-refractivity contribution >= 4 is 5.69 Å². The van der Waals surface area contributed by atoms with Gasteiger partial charge >= 0.3 is 0 Å². The molecule has 0 bridgehead atoms. The lowest BCUT2D eigenvalue weighted by Crippen LogP contribution is -2.34. The first-order valence-corrected chi connectivity index (χ1v) is 6.10. The van der Waals surface area contributed by atoms with E-state index in [1.54, 1.807) is 0 Å². The fraction of sp³-hybridized carbons (Fsp3) is 0.571. The number of hydrogen-bond acceptors (Lipinski definition) is 2. The molecular weight excluding hydrogens is 196 g/mol. The van der Waals surface area contributed by atoms with Crippen LogP contribution in [0.1, 0.15) is 32.3 Å². The van der Waals surface area contributed by atoms with Gasteiger partial charge in [-0.05, 0) is 51.4 Å². The van der Waals surface area contributed by atoms with Crippen molar-refractivity contribution in [3.8, 4) is 0 Å². The molecule has 1 aliphatic rings. The second kappa shape index (κ2) is 4.10. The molecule has 1 saturated carbocycles. The van der Waals surface area contributed by atoms with Crippen LogP contribution in [0.15, 0.2) is 24.3 Å². The number of rotatable bonds is 4. The summed E-state index contributed by atoms with van der Waals surface area (Å²) in [4.78, 5) is 2.43. The average molecular weight is 218 g/mol. The van der Waals surface area contributed by atoms with Crippen LogP contribution in [0.3, 0.4) is 0 Å². The lowest BCUT2D eigenvalue weighted by molar-refractivity contribution is 0.249. The molecule has 0 radical (unpaired) electrons. The molecule has 88 valence electrons. The summed E-state index contributed by atoms with van der Waals surface area (Å²) in [7, 11) is 2.21. The third-order valence-electron chi connectivity index (χ3n) is 3.81. The minimum atomic E-state index is 0.409. The first-order chi connectivity index (χ1) is 7.53. The predicted molar refractivity (Wildman–Crippen MR) is 69.5 cm³/mol. The third kappa shape index (κ3) is 2.22. The molecular formula is C14H22N2. The molecule has 0 unspecified atom stereocenters. The van der Waals surface area contributed by atoms with Crippen LogP contribution in [0.25, 0.3) is 0 Å². The zero-order chi connectivity index (χ0) is 11.8. The van der Waals surface area contributed by atoms with E-state index in [2.05, 4.69) is 37.9 Å². The van der Waals surface area contributed by atoms with Crippen molar-refractivity contribution < 1.29 is 0 Å². The van der Waals surface area contributed by atoms with E-state index in [-0.39, 0.29) is 0 Å². The highest BCUT2D eigenvalue weighted by Gasteiger charge is 2.44. The van der Waals surface area contributed by atoms with Crippen LogP contribution in [0.2, 0.25) is 0 Å². The molecule has 16 heavy (non-hydrogen) atoms. The van der Waals surface area contributed by atoms with Gasteiger partial charge in [0.2, 0.25) is 0 Å². The molecule has 0 aliphatic heterocycles. The van der Waals surface area contributed by atoms with Crippen molar-refractivity contribution in [3.63, 3.8) is 0 Å². The molecule has 2 heteroatoms. The highest BCUT2D eigenvalue weighted by molar-refractivity contribution is 5.43. The molecule has 2 nitrogen and oxygen atoms in total. The summed E-state index contributed by atoms with van der Waals surface area (Å²) in [5.74, 6) is 0. The Hall–Kier alpha value is -1.02. The topological polar surface area (TPSA) is 29.3 Å². The van der Waals surface area contributed by atoms with Gasteiger partial charge in [-0.15, -0.1) is 0 Å². The van der Waals surface area contributed by atoms with Crippen LogP contribution in [-0.4, -0.2) is 24.5 Å². The van der Waals surface area contributed by atoms with Gasteiger partial charge in [0.05, 0.1) is 0 Å². The van der Waals surface area contributed by atoms with Crippen molar-refractivity contribution in [1.29, 1.82) is 0 Å². The van der Waals surface area contributed by atoms with Crippen molar-refractivity contribution in [2.75, 3.05) is 19.3 Å². The van der Waals surface area contributed by atoms with Crippen LogP contribution in [0, 0.1) is 0 Å². The number of anilines is 1. The molecule has 1 aromatic rings. The van der Waals surface area contributed by atoms with Crippen LogP contribution >= 0.6 is 0 Å². The number of nitrogens with zero attached hydrogens (tertiary/aromatic N) is 1. The normalized spacial score (nSPS) is 18.1. The Kier molecular flexibility index (Phi) is 2.94. The van der Waals surface area contributed by atoms with Gasteiger partial charge in [0.25, 0.3) is 0 Å². The minimum Gasteiger partial charge on any atom is -0.399 e. The highest BCUT2D eigenvalue weighted by Crippen LogP contribution is 2.48. The predicted octanol–water partition coefficient (Wildman–Crippen LogP) is 2.64. The summed E-state index contributed by atoms with van der Waals surface area (Å²) >= 11 is 0. The molecule has 0 aromatic heterocycles. The SMILES string of the molecule is CC(C)N(C)CC1(c2ccc(N)cc2)CC1. The number of hydrogen-bond donors (Lipinski definition) is 1. The molecule has 2 rings (SSSR count). The lowest BCUT2D eigenvalue weighted by Gasteiger charge is -2.27. The fourth-order valence-electron chi connectivity index (χ4n) is 2.19. The quantitative estimate of drug-likeness (QED) is 0.787. The minimum absolute atomic E-state index is 0.409. The standard InChI is InChI=1S/C14H22N2/c1-11(2)16(3)10-14(8-9-14)12-4-6-13(15)7-5-12/h4-7,11H,8-10,15H2,1-3H3. The van der Waals surface area contributed by atoms with Crippen LogP contribution in [-0.2, 0) is 5.41 Å². The Balaban J connectivity index is 2.11.